The minimum Gasteiger partial charge on any atom is -0.497 e. The van der Waals surface area contributed by atoms with Gasteiger partial charge in [0.2, 0.25) is 0 Å². The van der Waals surface area contributed by atoms with Gasteiger partial charge in [0.1, 0.15) is 17.8 Å². The first-order valence-electron chi connectivity index (χ1n) is 8.64. The minimum atomic E-state index is -1.20. The van der Waals surface area contributed by atoms with Crippen molar-refractivity contribution < 1.29 is 19.1 Å². The Hall–Kier alpha value is -2.88. The minimum absolute atomic E-state index is 0.0954. The fourth-order valence-electron chi connectivity index (χ4n) is 3.50. The number of fused-ring (bicyclic) bond motifs is 1. The normalized spacial score (nSPS) is 18.7. The molecular weight excluding hydrogens is 328 g/mol. The summed E-state index contributed by atoms with van der Waals surface area (Å²) in [4.78, 5) is 26.3. The van der Waals surface area contributed by atoms with E-state index in [9.17, 15) is 9.59 Å². The number of rotatable bonds is 6. The summed E-state index contributed by atoms with van der Waals surface area (Å²) in [7, 11) is 1.60. The Kier molecular flexibility index (Phi) is 5.21. The van der Waals surface area contributed by atoms with Gasteiger partial charge in [-0.2, -0.15) is 0 Å². The van der Waals surface area contributed by atoms with Gasteiger partial charge < -0.3 is 9.47 Å². The predicted octanol–water partition coefficient (Wildman–Crippen LogP) is 3.78. The van der Waals surface area contributed by atoms with Gasteiger partial charge in [-0.05, 0) is 48.6 Å². The Labute approximate surface area is 153 Å². The van der Waals surface area contributed by atoms with E-state index >= 15 is 0 Å². The maximum atomic E-state index is 13.4. The summed E-state index contributed by atoms with van der Waals surface area (Å²) in [5, 5.41) is 0. The van der Waals surface area contributed by atoms with E-state index in [4.69, 9.17) is 9.47 Å². The molecule has 0 spiro atoms. The molecule has 0 saturated carbocycles. The van der Waals surface area contributed by atoms with E-state index in [0.717, 1.165) is 11.1 Å². The maximum absolute atomic E-state index is 13.4. The molecule has 2 aromatic carbocycles. The molecule has 1 atom stereocenters. The van der Waals surface area contributed by atoms with E-state index in [-0.39, 0.29) is 12.4 Å². The van der Waals surface area contributed by atoms with Crippen molar-refractivity contribution in [1.29, 1.82) is 0 Å². The first-order chi connectivity index (χ1) is 12.6. The van der Waals surface area contributed by atoms with Crippen LogP contribution in [0.25, 0.3) is 0 Å². The molecule has 0 amide bonds. The van der Waals surface area contributed by atoms with Crippen molar-refractivity contribution >= 4 is 11.8 Å². The number of Topliss-reactive ketones (excluding diaryl/α,β-unsaturated/α-hetero) is 1. The molecule has 0 aromatic heterocycles. The summed E-state index contributed by atoms with van der Waals surface area (Å²) in [6.45, 7) is 3.68. The molecule has 1 aliphatic rings. The SMILES string of the molecule is C=CCOC(=O)C1(Cc2ccccc2)CCc2cc(OC)ccc2C1=O. The zero-order valence-electron chi connectivity index (χ0n) is 14.9. The van der Waals surface area contributed by atoms with Crippen LogP contribution in [-0.2, 0) is 22.4 Å². The topological polar surface area (TPSA) is 52.6 Å². The van der Waals surface area contributed by atoms with Crippen molar-refractivity contribution in [2.75, 3.05) is 13.7 Å². The largest absolute Gasteiger partial charge is 0.497 e. The first kappa shape index (κ1) is 17.9. The molecule has 26 heavy (non-hydrogen) atoms. The Morgan fingerprint density at radius 2 is 2.00 bits per heavy atom. The lowest BCUT2D eigenvalue weighted by molar-refractivity contribution is -0.152. The molecule has 1 unspecified atom stereocenters. The molecule has 0 bridgehead atoms. The monoisotopic (exact) mass is 350 g/mol. The number of ketones is 1. The molecule has 0 heterocycles. The van der Waals surface area contributed by atoms with Gasteiger partial charge in [0, 0.05) is 5.56 Å². The van der Waals surface area contributed by atoms with Crippen LogP contribution in [0.4, 0.5) is 0 Å². The molecule has 0 fully saturated rings. The Morgan fingerprint density at radius 1 is 1.23 bits per heavy atom. The summed E-state index contributed by atoms with van der Waals surface area (Å²) >= 11 is 0. The quantitative estimate of drug-likeness (QED) is 0.452. The van der Waals surface area contributed by atoms with Gasteiger partial charge in [0.05, 0.1) is 7.11 Å². The molecule has 0 N–H and O–H groups in total. The van der Waals surface area contributed by atoms with Gasteiger partial charge in [-0.25, -0.2) is 0 Å². The highest BCUT2D eigenvalue weighted by molar-refractivity contribution is 6.14. The molecule has 4 heteroatoms. The van der Waals surface area contributed by atoms with Gasteiger partial charge >= 0.3 is 5.97 Å². The molecule has 134 valence electrons. The molecule has 0 aliphatic heterocycles. The third-order valence-electron chi connectivity index (χ3n) is 4.88. The molecule has 2 aromatic rings. The molecule has 0 radical (unpaired) electrons. The van der Waals surface area contributed by atoms with Crippen molar-refractivity contribution in [3.8, 4) is 5.75 Å². The second-order valence-corrected chi connectivity index (χ2v) is 6.48. The smallest absolute Gasteiger partial charge is 0.320 e. The maximum Gasteiger partial charge on any atom is 0.320 e. The number of methoxy groups -OCH3 is 1. The molecular formula is C22H22O4. The number of benzene rings is 2. The van der Waals surface area contributed by atoms with Crippen LogP contribution in [0, 0.1) is 5.41 Å². The Balaban J connectivity index is 2.01. The van der Waals surface area contributed by atoms with Crippen LogP contribution in [0.15, 0.2) is 61.2 Å². The van der Waals surface area contributed by atoms with E-state index in [2.05, 4.69) is 6.58 Å². The Bertz CT molecular complexity index is 825. The van der Waals surface area contributed by atoms with Crippen LogP contribution in [0.2, 0.25) is 0 Å². The summed E-state index contributed by atoms with van der Waals surface area (Å²) in [6.07, 6.45) is 2.87. The predicted molar refractivity (Wildman–Crippen MR) is 99.4 cm³/mol. The number of carbonyl (C=O) groups is 2. The number of ether oxygens (including phenoxy) is 2. The van der Waals surface area contributed by atoms with Crippen LogP contribution < -0.4 is 4.74 Å². The molecule has 1 aliphatic carbocycles. The van der Waals surface area contributed by atoms with Gasteiger partial charge in [0.15, 0.2) is 5.78 Å². The number of esters is 1. The summed E-state index contributed by atoms with van der Waals surface area (Å²) in [5.74, 6) is 0.0494. The van der Waals surface area contributed by atoms with Crippen molar-refractivity contribution in [2.24, 2.45) is 5.41 Å². The third-order valence-corrected chi connectivity index (χ3v) is 4.88. The van der Waals surface area contributed by atoms with Gasteiger partial charge in [0.25, 0.3) is 0 Å². The van der Waals surface area contributed by atoms with Crippen molar-refractivity contribution in [1.82, 2.24) is 0 Å². The second-order valence-electron chi connectivity index (χ2n) is 6.48. The zero-order valence-corrected chi connectivity index (χ0v) is 14.9. The van der Waals surface area contributed by atoms with Crippen molar-refractivity contribution in [3.05, 3.63) is 77.9 Å². The number of aryl methyl sites for hydroxylation is 1. The van der Waals surface area contributed by atoms with Crippen LogP contribution in [-0.4, -0.2) is 25.5 Å². The van der Waals surface area contributed by atoms with E-state index < -0.39 is 11.4 Å². The van der Waals surface area contributed by atoms with Crippen LogP contribution >= 0.6 is 0 Å². The highest BCUT2D eigenvalue weighted by Crippen LogP contribution is 2.40. The van der Waals surface area contributed by atoms with Gasteiger partial charge in [-0.1, -0.05) is 43.0 Å². The lowest BCUT2D eigenvalue weighted by Gasteiger charge is -2.34. The first-order valence-corrected chi connectivity index (χ1v) is 8.64. The molecule has 4 nitrogen and oxygen atoms in total. The van der Waals surface area contributed by atoms with Crippen molar-refractivity contribution in [2.45, 2.75) is 19.3 Å². The zero-order chi connectivity index (χ0) is 18.6. The third kappa shape index (κ3) is 3.27. The van der Waals surface area contributed by atoms with Crippen LogP contribution in [0.3, 0.4) is 0 Å². The van der Waals surface area contributed by atoms with E-state index in [0.29, 0.717) is 30.6 Å². The number of carbonyl (C=O) groups excluding carboxylic acids is 2. The van der Waals surface area contributed by atoms with Crippen molar-refractivity contribution in [3.63, 3.8) is 0 Å². The fourth-order valence-corrected chi connectivity index (χ4v) is 3.50. The van der Waals surface area contributed by atoms with Gasteiger partial charge in [-0.3, -0.25) is 9.59 Å². The average Bonchev–Trinajstić information content (AvgIpc) is 2.68. The summed E-state index contributed by atoms with van der Waals surface area (Å²) in [6, 6.07) is 15.0. The number of hydrogen-bond donors (Lipinski definition) is 0. The van der Waals surface area contributed by atoms with E-state index in [1.165, 1.54) is 6.08 Å². The summed E-state index contributed by atoms with van der Waals surface area (Å²) in [5.41, 5.74) is 1.22. The lowest BCUT2D eigenvalue weighted by Crippen LogP contribution is -2.46. The number of hydrogen-bond acceptors (Lipinski definition) is 4. The van der Waals surface area contributed by atoms with Crippen LogP contribution in [0.5, 0.6) is 5.75 Å². The highest BCUT2D eigenvalue weighted by Gasteiger charge is 2.50. The summed E-state index contributed by atoms with van der Waals surface area (Å²) < 4.78 is 10.6. The molecule has 3 rings (SSSR count). The van der Waals surface area contributed by atoms with E-state index in [1.807, 2.05) is 36.4 Å². The Morgan fingerprint density at radius 3 is 2.69 bits per heavy atom. The second kappa shape index (κ2) is 7.56. The fraction of sp³-hybridized carbons (Fsp3) is 0.273. The lowest BCUT2D eigenvalue weighted by atomic mass is 9.67. The molecule has 0 saturated heterocycles. The van der Waals surface area contributed by atoms with Gasteiger partial charge in [-0.15, -0.1) is 0 Å². The average molecular weight is 350 g/mol. The van der Waals surface area contributed by atoms with E-state index in [1.54, 1.807) is 19.2 Å². The van der Waals surface area contributed by atoms with Crippen LogP contribution in [0.1, 0.15) is 27.9 Å². The standard InChI is InChI=1S/C22H22O4/c1-3-13-26-21(24)22(15-16-7-5-4-6-8-16)12-11-17-14-18(25-2)9-10-19(17)20(22)23/h3-10,14H,1,11-13,15H2,2H3. The highest BCUT2D eigenvalue weighted by atomic mass is 16.5.